The first-order valence-corrected chi connectivity index (χ1v) is 5.60. The zero-order valence-electron chi connectivity index (χ0n) is 5.10. The summed E-state index contributed by atoms with van der Waals surface area (Å²) in [5.41, 5.74) is 0. The van der Waals surface area contributed by atoms with E-state index in [2.05, 4.69) is 10.7 Å². The highest BCUT2D eigenvalue weighted by atomic mass is 28.4. The maximum atomic E-state index is 10.2. The Morgan fingerprint density at radius 1 is 1.60 bits per heavy atom. The SMILES string of the molecule is CC(=O)[O][Al]1[O][Si](O)(O)[O]1. The first-order chi connectivity index (χ1) is 4.49. The van der Waals surface area contributed by atoms with Crippen LogP contribution in [0.4, 0.5) is 0 Å². The van der Waals surface area contributed by atoms with Gasteiger partial charge in [0.05, 0.1) is 0 Å². The zero-order valence-corrected chi connectivity index (χ0v) is 7.26. The van der Waals surface area contributed by atoms with Crippen molar-refractivity contribution in [2.24, 2.45) is 0 Å². The molecule has 1 aliphatic heterocycles. The Morgan fingerprint density at radius 2 is 2.10 bits per heavy atom. The minimum Gasteiger partial charge on any atom is -0.573 e. The topological polar surface area (TPSA) is 85.2 Å². The predicted octanol–water partition coefficient (Wildman–Crippen LogP) is -2.00. The number of carbonyl (C=O) groups is 1. The predicted molar refractivity (Wildman–Crippen MR) is 29.9 cm³/mol. The number of rotatable bonds is 1. The second kappa shape index (κ2) is 2.59. The van der Waals surface area contributed by atoms with E-state index >= 15 is 0 Å². The van der Waals surface area contributed by atoms with Gasteiger partial charge in [-0.1, -0.05) is 0 Å². The van der Waals surface area contributed by atoms with Crippen molar-refractivity contribution in [2.45, 2.75) is 6.92 Å². The van der Waals surface area contributed by atoms with Crippen LogP contribution < -0.4 is 0 Å². The van der Waals surface area contributed by atoms with Crippen molar-refractivity contribution < 1.29 is 25.1 Å². The first kappa shape index (κ1) is 8.16. The van der Waals surface area contributed by atoms with Crippen molar-refractivity contribution in [3.05, 3.63) is 0 Å². The Labute approximate surface area is 62.8 Å². The molecule has 0 aromatic rings. The van der Waals surface area contributed by atoms with Gasteiger partial charge in [-0.2, -0.15) is 0 Å². The summed E-state index contributed by atoms with van der Waals surface area (Å²) in [7, 11) is -3.80. The summed E-state index contributed by atoms with van der Waals surface area (Å²) in [5, 5.41) is 0. The summed E-state index contributed by atoms with van der Waals surface area (Å²) in [6.45, 7) is 1.19. The van der Waals surface area contributed by atoms with Gasteiger partial charge in [0, 0.05) is 6.92 Å². The molecule has 10 heavy (non-hydrogen) atoms. The van der Waals surface area contributed by atoms with Crippen LogP contribution in [0.3, 0.4) is 0 Å². The van der Waals surface area contributed by atoms with Crippen LogP contribution in [0.5, 0.6) is 0 Å². The molecular formula is C2H5AlO6Si. The monoisotopic (exact) mass is 180 g/mol. The molecule has 0 bridgehead atoms. The van der Waals surface area contributed by atoms with Gasteiger partial charge in [-0.3, -0.25) is 4.79 Å². The lowest BCUT2D eigenvalue weighted by Crippen LogP contribution is -2.63. The van der Waals surface area contributed by atoms with Gasteiger partial charge in [-0.05, 0) is 0 Å². The van der Waals surface area contributed by atoms with Crippen LogP contribution in [-0.2, 0) is 15.5 Å². The second-order valence-corrected chi connectivity index (χ2v) is 5.48. The van der Waals surface area contributed by atoms with Gasteiger partial charge in [0.1, 0.15) is 0 Å². The Kier molecular flexibility index (Phi) is 2.12. The average molecular weight is 180 g/mol. The van der Waals surface area contributed by atoms with E-state index in [9.17, 15) is 4.79 Å². The van der Waals surface area contributed by atoms with Gasteiger partial charge in [-0.15, -0.1) is 0 Å². The molecule has 56 valence electrons. The molecule has 8 heteroatoms. The van der Waals surface area contributed by atoms with E-state index in [-0.39, 0.29) is 0 Å². The summed E-state index contributed by atoms with van der Waals surface area (Å²) in [6, 6.07) is 0. The highest BCUT2D eigenvalue weighted by molar-refractivity contribution is 6.74. The Hall–Kier alpha value is 0.0594. The molecule has 6 nitrogen and oxygen atoms in total. The first-order valence-electron chi connectivity index (χ1n) is 2.47. The van der Waals surface area contributed by atoms with Crippen molar-refractivity contribution >= 4 is 30.2 Å². The Bertz CT molecular complexity index is 150. The molecule has 1 heterocycles. The van der Waals surface area contributed by atoms with E-state index < -0.39 is 30.2 Å². The van der Waals surface area contributed by atoms with Gasteiger partial charge >= 0.3 is 24.2 Å². The molecule has 1 aliphatic rings. The van der Waals surface area contributed by atoms with Gasteiger partial charge in [0.25, 0.3) is 5.97 Å². The molecule has 1 fully saturated rings. The smallest absolute Gasteiger partial charge is 0.573 e. The average Bonchev–Trinajstić information content (AvgIpc) is 1.57. The third-order valence-electron chi connectivity index (χ3n) is 0.762. The summed E-state index contributed by atoms with van der Waals surface area (Å²) >= 11 is -2.47. The minimum atomic E-state index is -3.80. The molecule has 0 spiro atoms. The van der Waals surface area contributed by atoms with Gasteiger partial charge in [0.15, 0.2) is 0 Å². The second-order valence-electron chi connectivity index (χ2n) is 1.68. The van der Waals surface area contributed by atoms with E-state index in [4.69, 9.17) is 9.59 Å². The molecule has 0 atom stereocenters. The highest BCUT2D eigenvalue weighted by Crippen LogP contribution is 2.15. The molecule has 1 rings (SSSR count). The number of hydrogen-bond donors (Lipinski definition) is 2. The highest BCUT2D eigenvalue weighted by Gasteiger charge is 2.64. The van der Waals surface area contributed by atoms with Crippen LogP contribution in [0.2, 0.25) is 0 Å². The molecule has 0 aliphatic carbocycles. The lowest BCUT2D eigenvalue weighted by atomic mass is 10.9. The third-order valence-corrected chi connectivity index (χ3v) is 5.28. The summed E-state index contributed by atoms with van der Waals surface area (Å²) < 4.78 is 13.1. The normalized spacial score (nSPS) is 21.7. The van der Waals surface area contributed by atoms with E-state index in [0.29, 0.717) is 0 Å². The van der Waals surface area contributed by atoms with Gasteiger partial charge < -0.3 is 20.3 Å². The van der Waals surface area contributed by atoms with Crippen molar-refractivity contribution in [1.82, 2.24) is 0 Å². The molecular weight excluding hydrogens is 175 g/mol. The van der Waals surface area contributed by atoms with Crippen molar-refractivity contribution in [2.75, 3.05) is 0 Å². The Balaban J connectivity index is 2.21. The van der Waals surface area contributed by atoms with Crippen LogP contribution >= 0.6 is 0 Å². The van der Waals surface area contributed by atoms with Gasteiger partial charge in [-0.25, -0.2) is 0 Å². The standard InChI is InChI=1S/C2H4O2.Al.H2O4Si/c1-2(3)4;;1-5(2,3)4/h1H3,(H,3,4);;1-2H/q;+3;-2/p-1. The quantitative estimate of drug-likeness (QED) is 0.454. The maximum Gasteiger partial charge on any atom is 0.990 e. The molecule has 0 amide bonds. The summed E-state index contributed by atoms with van der Waals surface area (Å²) in [4.78, 5) is 27.1. The molecule has 0 radical (unpaired) electrons. The zero-order chi connectivity index (χ0) is 7.78. The molecule has 1 saturated heterocycles. The van der Waals surface area contributed by atoms with Gasteiger partial charge in [0.2, 0.25) is 0 Å². The van der Waals surface area contributed by atoms with Crippen molar-refractivity contribution in [3.8, 4) is 0 Å². The maximum absolute atomic E-state index is 10.2. The molecule has 0 unspecified atom stereocenters. The van der Waals surface area contributed by atoms with Crippen LogP contribution in [-0.4, -0.2) is 39.8 Å². The molecule has 2 N–H and O–H groups in total. The fourth-order valence-electron chi connectivity index (χ4n) is 0.443. The lowest BCUT2D eigenvalue weighted by Gasteiger charge is -2.30. The molecule has 0 aromatic carbocycles. The van der Waals surface area contributed by atoms with Crippen LogP contribution in [0, 0.1) is 0 Å². The number of hydrogen-bond acceptors (Lipinski definition) is 6. The minimum absolute atomic E-state index is 0.541. The van der Waals surface area contributed by atoms with Crippen molar-refractivity contribution in [3.63, 3.8) is 0 Å². The fraction of sp³-hybridized carbons (Fsp3) is 0.500. The van der Waals surface area contributed by atoms with E-state index in [0.717, 1.165) is 0 Å². The third kappa shape index (κ3) is 2.03. The van der Waals surface area contributed by atoms with E-state index in [1.807, 2.05) is 0 Å². The molecule has 0 saturated carbocycles. The summed E-state index contributed by atoms with van der Waals surface area (Å²) in [5.74, 6) is -0.541. The van der Waals surface area contributed by atoms with E-state index in [1.165, 1.54) is 6.92 Å². The van der Waals surface area contributed by atoms with Crippen LogP contribution in [0.15, 0.2) is 0 Å². The Morgan fingerprint density at radius 3 is 2.40 bits per heavy atom. The summed E-state index contributed by atoms with van der Waals surface area (Å²) in [6.07, 6.45) is 0. The van der Waals surface area contributed by atoms with E-state index in [1.54, 1.807) is 0 Å². The fourth-order valence-corrected chi connectivity index (χ4v) is 3.18. The largest absolute Gasteiger partial charge is 0.990 e. The van der Waals surface area contributed by atoms with Crippen LogP contribution in [0.25, 0.3) is 0 Å². The molecule has 0 aromatic heterocycles. The van der Waals surface area contributed by atoms with Crippen molar-refractivity contribution in [1.29, 1.82) is 0 Å². The number of carbonyl (C=O) groups excluding carboxylic acids is 1. The lowest BCUT2D eigenvalue weighted by molar-refractivity contribution is -0.136. The van der Waals surface area contributed by atoms with Crippen LogP contribution in [0.1, 0.15) is 6.92 Å².